The molecule has 5 nitrogen and oxygen atoms in total. The number of ether oxygens (including phenoxy) is 1. The molecule has 0 aliphatic carbocycles. The van der Waals surface area contributed by atoms with E-state index in [0.717, 1.165) is 17.8 Å². The van der Waals surface area contributed by atoms with E-state index < -0.39 is 29.2 Å². The molecule has 120 valence electrons. The minimum Gasteiger partial charge on any atom is -0.465 e. The molecule has 1 heterocycles. The van der Waals surface area contributed by atoms with Crippen molar-refractivity contribution in [1.82, 2.24) is 0 Å². The van der Waals surface area contributed by atoms with Crippen LogP contribution >= 0.6 is 11.8 Å². The van der Waals surface area contributed by atoms with Crippen LogP contribution in [0.5, 0.6) is 0 Å². The van der Waals surface area contributed by atoms with E-state index in [1.165, 1.54) is 18.2 Å². The van der Waals surface area contributed by atoms with Crippen LogP contribution < -0.4 is 5.32 Å². The Balaban J connectivity index is 2.13. The number of alkyl halides is 3. The maximum absolute atomic E-state index is 12.9. The molecule has 2 unspecified atom stereocenters. The molecule has 0 aromatic heterocycles. The Bertz CT molecular complexity index is 592. The number of benzene rings is 1. The molecule has 0 spiro atoms. The lowest BCUT2D eigenvalue weighted by molar-refractivity contribution is -0.144. The third-order valence-electron chi connectivity index (χ3n) is 2.75. The van der Waals surface area contributed by atoms with Crippen LogP contribution in [0.25, 0.3) is 0 Å². The van der Waals surface area contributed by atoms with Crippen LogP contribution in [0.3, 0.4) is 0 Å². The third-order valence-corrected chi connectivity index (χ3v) is 3.87. The van der Waals surface area contributed by atoms with Crippen molar-refractivity contribution >= 4 is 28.6 Å². The molecule has 2 N–H and O–H groups in total. The van der Waals surface area contributed by atoms with E-state index in [9.17, 15) is 23.1 Å². The van der Waals surface area contributed by atoms with Gasteiger partial charge in [0.15, 0.2) is 16.6 Å². The Hall–Kier alpha value is -1.74. The van der Waals surface area contributed by atoms with Gasteiger partial charge in [0.1, 0.15) is 0 Å². The molecule has 0 radical (unpaired) electrons. The van der Waals surface area contributed by atoms with Gasteiger partial charge < -0.3 is 15.2 Å². The second-order valence-electron chi connectivity index (χ2n) is 4.31. The number of carbonyl (C=O) groups excluding carboxylic acids is 1. The molecule has 1 aromatic rings. The predicted octanol–water partition coefficient (Wildman–Crippen LogP) is 2.47. The van der Waals surface area contributed by atoms with Crippen molar-refractivity contribution in [2.24, 2.45) is 4.99 Å². The highest BCUT2D eigenvalue weighted by Gasteiger charge is 2.38. The maximum atomic E-state index is 12.9. The molecule has 2 atom stereocenters. The molecule has 1 aromatic carbocycles. The summed E-state index contributed by atoms with van der Waals surface area (Å²) in [5.74, 6) is -0.662. The van der Waals surface area contributed by atoms with Crippen molar-refractivity contribution < 1.29 is 27.8 Å². The zero-order chi connectivity index (χ0) is 16.3. The number of hydrogen-bond donors (Lipinski definition) is 2. The number of esters is 1. The van der Waals surface area contributed by atoms with Crippen LogP contribution in [0.15, 0.2) is 29.3 Å². The first-order valence-electron chi connectivity index (χ1n) is 6.35. The Morgan fingerprint density at radius 3 is 2.77 bits per heavy atom. The quantitative estimate of drug-likeness (QED) is 0.831. The summed E-state index contributed by atoms with van der Waals surface area (Å²) in [6.45, 7) is 1.76. The van der Waals surface area contributed by atoms with Crippen molar-refractivity contribution in [2.75, 3.05) is 11.9 Å². The molecule has 0 saturated carbocycles. The van der Waals surface area contributed by atoms with E-state index in [4.69, 9.17) is 4.74 Å². The number of para-hydroxylation sites is 1. The molecule has 1 aliphatic heterocycles. The Labute approximate surface area is 128 Å². The van der Waals surface area contributed by atoms with Crippen LogP contribution in [0.4, 0.5) is 18.9 Å². The molecule has 9 heteroatoms. The minimum atomic E-state index is -4.52. The zero-order valence-electron chi connectivity index (χ0n) is 11.4. The van der Waals surface area contributed by atoms with E-state index in [2.05, 4.69) is 10.3 Å². The van der Waals surface area contributed by atoms with Gasteiger partial charge in [-0.25, -0.2) is 4.99 Å². The number of amidine groups is 1. The van der Waals surface area contributed by atoms with Crippen molar-refractivity contribution in [3.8, 4) is 0 Å². The number of aliphatic hydroxyl groups excluding tert-OH is 1. The van der Waals surface area contributed by atoms with Gasteiger partial charge in [0.05, 0.1) is 17.9 Å². The molecular formula is C13H13F3N2O3S. The summed E-state index contributed by atoms with van der Waals surface area (Å²) in [7, 11) is 0. The standard InChI is InChI=1S/C13H13F3N2O3S/c1-2-21-11(20)9-10(19)18-12(22-9)17-8-6-4-3-5-7(8)13(14,15)16/h3-6,9-10,19H,2H2,1H3,(H,17,18). The van der Waals surface area contributed by atoms with Gasteiger partial charge in [-0.1, -0.05) is 23.9 Å². The molecule has 0 amide bonds. The van der Waals surface area contributed by atoms with Gasteiger partial charge in [0, 0.05) is 0 Å². The molecule has 0 saturated heterocycles. The fourth-order valence-electron chi connectivity index (χ4n) is 1.81. The summed E-state index contributed by atoms with van der Waals surface area (Å²) < 4.78 is 43.5. The number of thioether (sulfide) groups is 1. The average Bonchev–Trinajstić information content (AvgIpc) is 2.79. The number of nitrogens with one attached hydrogen (secondary N) is 1. The van der Waals surface area contributed by atoms with Crippen molar-refractivity contribution in [1.29, 1.82) is 0 Å². The number of rotatable bonds is 3. The van der Waals surface area contributed by atoms with E-state index in [0.29, 0.717) is 0 Å². The zero-order valence-corrected chi connectivity index (χ0v) is 12.2. The number of halogens is 3. The summed E-state index contributed by atoms with van der Waals surface area (Å²) in [5.41, 5.74) is -1.05. The number of nitrogens with zero attached hydrogens (tertiary/aromatic N) is 1. The van der Waals surface area contributed by atoms with Gasteiger partial charge in [-0.3, -0.25) is 4.79 Å². The smallest absolute Gasteiger partial charge is 0.418 e. The first-order valence-corrected chi connectivity index (χ1v) is 7.23. The van der Waals surface area contributed by atoms with Crippen molar-refractivity contribution in [3.05, 3.63) is 29.8 Å². The highest BCUT2D eigenvalue weighted by Crippen LogP contribution is 2.36. The van der Waals surface area contributed by atoms with Crippen LogP contribution in [-0.2, 0) is 15.7 Å². The topological polar surface area (TPSA) is 70.9 Å². The monoisotopic (exact) mass is 334 g/mol. The van der Waals surface area contributed by atoms with Crippen LogP contribution in [0, 0.1) is 0 Å². The fourth-order valence-corrected chi connectivity index (χ4v) is 2.73. The number of carbonyl (C=O) groups is 1. The lowest BCUT2D eigenvalue weighted by atomic mass is 10.2. The molecule has 0 fully saturated rings. The van der Waals surface area contributed by atoms with Crippen LogP contribution in [0.2, 0.25) is 0 Å². The largest absolute Gasteiger partial charge is 0.465 e. The van der Waals surface area contributed by atoms with Gasteiger partial charge in [-0.15, -0.1) is 0 Å². The van der Waals surface area contributed by atoms with Gasteiger partial charge >= 0.3 is 12.1 Å². The number of aliphatic hydroxyl groups is 1. The summed E-state index contributed by atoms with van der Waals surface area (Å²) >= 11 is 0.828. The molecule has 0 bridgehead atoms. The molecular weight excluding hydrogens is 321 g/mol. The van der Waals surface area contributed by atoms with Gasteiger partial charge in [0.2, 0.25) is 0 Å². The normalized spacial score (nSPS) is 21.4. The minimum absolute atomic E-state index is 0.0299. The van der Waals surface area contributed by atoms with Crippen molar-refractivity contribution in [3.63, 3.8) is 0 Å². The van der Waals surface area contributed by atoms with Crippen LogP contribution in [0.1, 0.15) is 12.5 Å². The Kier molecular flexibility index (Phi) is 4.97. The van der Waals surface area contributed by atoms with E-state index in [1.807, 2.05) is 0 Å². The highest BCUT2D eigenvalue weighted by molar-refractivity contribution is 8.15. The Morgan fingerprint density at radius 2 is 2.14 bits per heavy atom. The summed E-state index contributed by atoms with van der Waals surface area (Å²) in [6, 6.07) is 4.89. The van der Waals surface area contributed by atoms with Gasteiger partial charge in [-0.2, -0.15) is 13.2 Å². The third kappa shape index (κ3) is 3.72. The lowest BCUT2D eigenvalue weighted by Gasteiger charge is -2.14. The van der Waals surface area contributed by atoms with E-state index in [-0.39, 0.29) is 17.5 Å². The number of anilines is 1. The fraction of sp³-hybridized carbons (Fsp3) is 0.385. The maximum Gasteiger partial charge on any atom is 0.418 e. The second-order valence-corrected chi connectivity index (χ2v) is 5.44. The summed E-state index contributed by atoms with van der Waals surface area (Å²) in [6.07, 6.45) is -5.88. The number of aliphatic imine (C=N–C) groups is 1. The van der Waals surface area contributed by atoms with Gasteiger partial charge in [-0.05, 0) is 19.1 Å². The summed E-state index contributed by atoms with van der Waals surface area (Å²) in [5, 5.41) is 11.2. The van der Waals surface area contributed by atoms with Crippen molar-refractivity contribution in [2.45, 2.75) is 24.6 Å². The second kappa shape index (κ2) is 6.57. The Morgan fingerprint density at radius 1 is 1.45 bits per heavy atom. The summed E-state index contributed by atoms with van der Waals surface area (Å²) in [4.78, 5) is 15.3. The lowest BCUT2D eigenvalue weighted by Crippen LogP contribution is -2.28. The first kappa shape index (κ1) is 16.6. The highest BCUT2D eigenvalue weighted by atomic mass is 32.2. The van der Waals surface area contributed by atoms with Gasteiger partial charge in [0.25, 0.3) is 0 Å². The van der Waals surface area contributed by atoms with E-state index in [1.54, 1.807) is 6.92 Å². The number of hydrogen-bond acceptors (Lipinski definition) is 6. The molecule has 1 aliphatic rings. The predicted molar refractivity (Wildman–Crippen MR) is 76.5 cm³/mol. The van der Waals surface area contributed by atoms with E-state index >= 15 is 0 Å². The first-order chi connectivity index (χ1) is 10.3. The molecule has 22 heavy (non-hydrogen) atoms. The molecule has 2 rings (SSSR count). The SMILES string of the molecule is CCOC(=O)C1SC(Nc2ccccc2C(F)(F)F)=NC1O. The average molecular weight is 334 g/mol. The van der Waals surface area contributed by atoms with Crippen LogP contribution in [-0.4, -0.2) is 34.3 Å².